The molecule has 9 nitrogen and oxygen atoms in total. The lowest BCUT2D eigenvalue weighted by Crippen LogP contribution is -2.30. The summed E-state index contributed by atoms with van der Waals surface area (Å²) in [6.07, 6.45) is -2.06. The summed E-state index contributed by atoms with van der Waals surface area (Å²) in [6.45, 7) is 4.09. The molecule has 0 aliphatic rings. The number of aromatic nitrogens is 5. The van der Waals surface area contributed by atoms with Gasteiger partial charge in [0.15, 0.2) is 5.82 Å². The largest absolute Gasteiger partial charge is 0.423 e. The number of hydrogen-bond acceptors (Lipinski definition) is 7. The number of nitrogens with one attached hydrogen (secondary N) is 2. The SMILES string of the molecule is C[C@H](C[C@H](F)Cn1ccc2cc(-c3ncc(C(C)(C)O)cn3)c(F)cc2c1=O)Nc1cn[nH]c(=O)c1C(F)(F)F. The van der Waals surface area contributed by atoms with Crippen molar-refractivity contribution >= 4 is 16.5 Å². The van der Waals surface area contributed by atoms with E-state index in [1.54, 1.807) is 18.9 Å². The van der Waals surface area contributed by atoms with Gasteiger partial charge in [0.1, 0.15) is 17.6 Å². The maximum absolute atomic E-state index is 15.0. The summed E-state index contributed by atoms with van der Waals surface area (Å²) < 4.78 is 70.7. The Morgan fingerprint density at radius 3 is 2.42 bits per heavy atom. The van der Waals surface area contributed by atoms with Crippen LogP contribution in [0.2, 0.25) is 0 Å². The molecule has 40 heavy (non-hydrogen) atoms. The molecule has 0 bridgehead atoms. The average molecular weight is 565 g/mol. The predicted molar refractivity (Wildman–Crippen MR) is 137 cm³/mol. The second-order valence-corrected chi connectivity index (χ2v) is 9.91. The number of alkyl halides is 4. The molecule has 0 amide bonds. The van der Waals surface area contributed by atoms with Gasteiger partial charge < -0.3 is 15.0 Å². The smallest absolute Gasteiger partial charge is 0.386 e. The molecule has 0 saturated carbocycles. The molecule has 0 saturated heterocycles. The van der Waals surface area contributed by atoms with E-state index in [1.165, 1.54) is 37.6 Å². The Hall–Kier alpha value is -4.20. The highest BCUT2D eigenvalue weighted by atomic mass is 19.4. The van der Waals surface area contributed by atoms with E-state index < -0.39 is 58.7 Å². The van der Waals surface area contributed by atoms with Crippen LogP contribution < -0.4 is 16.4 Å². The summed E-state index contributed by atoms with van der Waals surface area (Å²) in [5.74, 6) is -0.730. The maximum atomic E-state index is 15.0. The van der Waals surface area contributed by atoms with Crippen molar-refractivity contribution in [2.24, 2.45) is 0 Å². The molecule has 14 heteroatoms. The number of benzene rings is 1. The Labute approximate surface area is 223 Å². The average Bonchev–Trinajstić information content (AvgIpc) is 2.84. The summed E-state index contributed by atoms with van der Waals surface area (Å²) in [7, 11) is 0. The molecular weight excluding hydrogens is 539 g/mol. The van der Waals surface area contributed by atoms with Gasteiger partial charge in [0, 0.05) is 36.6 Å². The van der Waals surface area contributed by atoms with E-state index in [9.17, 15) is 36.6 Å². The molecule has 0 aliphatic carbocycles. The zero-order chi connectivity index (χ0) is 29.4. The number of pyridine rings is 1. The Morgan fingerprint density at radius 1 is 1.12 bits per heavy atom. The number of halogens is 5. The summed E-state index contributed by atoms with van der Waals surface area (Å²) in [5, 5.41) is 17.9. The highest BCUT2D eigenvalue weighted by molar-refractivity contribution is 5.86. The van der Waals surface area contributed by atoms with Gasteiger partial charge in [-0.15, -0.1) is 0 Å². The van der Waals surface area contributed by atoms with Crippen LogP contribution in [0, 0.1) is 5.82 Å². The number of rotatable bonds is 8. The van der Waals surface area contributed by atoms with Gasteiger partial charge in [-0.25, -0.2) is 23.8 Å². The van der Waals surface area contributed by atoms with E-state index in [0.29, 0.717) is 10.9 Å². The first-order valence-corrected chi connectivity index (χ1v) is 12.1. The molecule has 0 unspecified atom stereocenters. The van der Waals surface area contributed by atoms with Gasteiger partial charge >= 0.3 is 6.18 Å². The highest BCUT2D eigenvalue weighted by Gasteiger charge is 2.37. The third-order valence-electron chi connectivity index (χ3n) is 6.21. The van der Waals surface area contributed by atoms with E-state index in [1.807, 2.05) is 0 Å². The zero-order valence-corrected chi connectivity index (χ0v) is 21.6. The van der Waals surface area contributed by atoms with Gasteiger partial charge in [-0.3, -0.25) is 9.59 Å². The van der Waals surface area contributed by atoms with Crippen LogP contribution in [-0.2, 0) is 18.3 Å². The van der Waals surface area contributed by atoms with Crippen molar-refractivity contribution < 1.29 is 27.1 Å². The molecule has 3 heterocycles. The number of hydrogen-bond donors (Lipinski definition) is 3. The minimum atomic E-state index is -4.95. The van der Waals surface area contributed by atoms with Gasteiger partial charge in [0.05, 0.1) is 35.0 Å². The first-order valence-electron chi connectivity index (χ1n) is 12.1. The fourth-order valence-corrected chi connectivity index (χ4v) is 4.19. The molecule has 0 spiro atoms. The lowest BCUT2D eigenvalue weighted by atomic mass is 10.0. The van der Waals surface area contributed by atoms with Crippen LogP contribution in [-0.4, -0.2) is 42.1 Å². The topological polar surface area (TPSA) is 126 Å². The van der Waals surface area contributed by atoms with E-state index in [2.05, 4.69) is 20.4 Å². The number of aromatic amines is 1. The summed E-state index contributed by atoms with van der Waals surface area (Å²) in [5.41, 5.74) is -4.89. The lowest BCUT2D eigenvalue weighted by Gasteiger charge is -2.20. The highest BCUT2D eigenvalue weighted by Crippen LogP contribution is 2.32. The molecule has 0 fully saturated rings. The van der Waals surface area contributed by atoms with Gasteiger partial charge in [-0.05, 0) is 44.4 Å². The summed E-state index contributed by atoms with van der Waals surface area (Å²) in [6, 6.07) is 3.03. The molecule has 212 valence electrons. The van der Waals surface area contributed by atoms with Crippen molar-refractivity contribution in [3.8, 4) is 11.4 Å². The first-order chi connectivity index (χ1) is 18.6. The van der Waals surface area contributed by atoms with Gasteiger partial charge in [-0.1, -0.05) is 0 Å². The van der Waals surface area contributed by atoms with Crippen LogP contribution in [0.3, 0.4) is 0 Å². The van der Waals surface area contributed by atoms with Crippen LogP contribution in [0.5, 0.6) is 0 Å². The molecule has 3 aromatic heterocycles. The third kappa shape index (κ3) is 6.17. The minimum absolute atomic E-state index is 0.0142. The zero-order valence-electron chi connectivity index (χ0n) is 21.6. The van der Waals surface area contributed by atoms with Gasteiger partial charge in [-0.2, -0.15) is 18.3 Å². The third-order valence-corrected chi connectivity index (χ3v) is 6.21. The molecule has 1 aromatic carbocycles. The monoisotopic (exact) mass is 564 g/mol. The lowest BCUT2D eigenvalue weighted by molar-refractivity contribution is -0.138. The Kier molecular flexibility index (Phi) is 7.74. The van der Waals surface area contributed by atoms with Crippen molar-refractivity contribution in [1.82, 2.24) is 24.7 Å². The summed E-state index contributed by atoms with van der Waals surface area (Å²) >= 11 is 0. The fraction of sp³-hybridized carbons (Fsp3) is 0.346. The second-order valence-electron chi connectivity index (χ2n) is 9.91. The van der Waals surface area contributed by atoms with E-state index in [-0.39, 0.29) is 23.2 Å². The molecular formula is C26H25F5N6O3. The Morgan fingerprint density at radius 2 is 1.80 bits per heavy atom. The van der Waals surface area contributed by atoms with Crippen LogP contribution >= 0.6 is 0 Å². The van der Waals surface area contributed by atoms with Crippen LogP contribution in [0.25, 0.3) is 22.2 Å². The molecule has 4 rings (SSSR count). The predicted octanol–water partition coefficient (Wildman–Crippen LogP) is 4.16. The number of fused-ring (bicyclic) bond motifs is 1. The molecule has 4 aromatic rings. The van der Waals surface area contributed by atoms with Crippen molar-refractivity contribution in [2.75, 3.05) is 5.32 Å². The molecule has 3 N–H and O–H groups in total. The fourth-order valence-electron chi connectivity index (χ4n) is 4.19. The summed E-state index contributed by atoms with van der Waals surface area (Å²) in [4.78, 5) is 32.8. The Bertz CT molecular complexity index is 1640. The van der Waals surface area contributed by atoms with E-state index in [0.717, 1.165) is 16.8 Å². The van der Waals surface area contributed by atoms with Crippen molar-refractivity contribution in [3.05, 3.63) is 80.6 Å². The first kappa shape index (κ1) is 28.8. The van der Waals surface area contributed by atoms with Crippen molar-refractivity contribution in [1.29, 1.82) is 0 Å². The molecule has 0 radical (unpaired) electrons. The van der Waals surface area contributed by atoms with E-state index in [4.69, 9.17) is 0 Å². The number of aliphatic hydroxyl groups is 1. The van der Waals surface area contributed by atoms with E-state index >= 15 is 0 Å². The van der Waals surface area contributed by atoms with Crippen molar-refractivity contribution in [2.45, 2.75) is 57.7 Å². The molecule has 2 atom stereocenters. The number of H-pyrrole nitrogens is 1. The van der Waals surface area contributed by atoms with Crippen LogP contribution in [0.1, 0.15) is 38.3 Å². The van der Waals surface area contributed by atoms with Crippen LogP contribution in [0.4, 0.5) is 27.6 Å². The Balaban J connectivity index is 1.51. The van der Waals surface area contributed by atoms with Crippen LogP contribution in [0.15, 0.2) is 52.6 Å². The quantitative estimate of drug-likeness (QED) is 0.275. The number of anilines is 1. The van der Waals surface area contributed by atoms with Gasteiger partial charge in [0.2, 0.25) is 0 Å². The normalized spacial score (nSPS) is 13.8. The molecule has 0 aliphatic heterocycles. The maximum Gasteiger partial charge on any atom is 0.423 e. The standard InChI is InChI=1S/C26H25F5N6O3/c1-13(35-20-11-34-36-23(38)21(20)26(29,30)31)6-16(27)12-37-5-4-14-7-18(19(28)8-17(14)24(37)39)22-32-9-15(10-33-22)25(2,3)40/h4-5,7-11,13,16,40H,6,12H2,1-3H3,(H2,35,36,38)/t13-,16+/m1/s1. The minimum Gasteiger partial charge on any atom is -0.386 e. The van der Waals surface area contributed by atoms with Crippen molar-refractivity contribution in [3.63, 3.8) is 0 Å². The second kappa shape index (κ2) is 10.8. The number of nitrogens with zero attached hydrogens (tertiary/aromatic N) is 4. The van der Waals surface area contributed by atoms with Gasteiger partial charge in [0.25, 0.3) is 11.1 Å².